The Bertz CT molecular complexity index is 1130. The number of hydrogen-bond acceptors (Lipinski definition) is 6. The molecule has 164 valence electrons. The Morgan fingerprint density at radius 1 is 1.03 bits per heavy atom. The number of aryl methyl sites for hydroxylation is 1. The van der Waals surface area contributed by atoms with Gasteiger partial charge in [-0.25, -0.2) is 10.2 Å². The number of hydrazone groups is 1. The standard InChI is InChI=1S/C24H21ClN2O5/c1-16-12-19(9-10-20(16)25)31-15-23(28)27-26-14-17-8-11-21(22(13-17)30-2)32-24(29)18-6-4-3-5-7-18/h3-14H,15H2,1-2H3,(H,27,28)/b26-14+. The number of amides is 1. The Morgan fingerprint density at radius 2 is 1.81 bits per heavy atom. The van der Waals surface area contributed by atoms with E-state index >= 15 is 0 Å². The maximum atomic E-state index is 12.2. The molecular weight excluding hydrogens is 432 g/mol. The number of hydrogen-bond donors (Lipinski definition) is 1. The second-order valence-electron chi connectivity index (χ2n) is 6.66. The maximum Gasteiger partial charge on any atom is 0.343 e. The summed E-state index contributed by atoms with van der Waals surface area (Å²) in [5.41, 5.74) is 4.31. The van der Waals surface area contributed by atoms with Gasteiger partial charge in [-0.15, -0.1) is 0 Å². The fourth-order valence-corrected chi connectivity index (χ4v) is 2.77. The van der Waals surface area contributed by atoms with Gasteiger partial charge in [-0.05, 0) is 66.6 Å². The third kappa shape index (κ3) is 6.33. The summed E-state index contributed by atoms with van der Waals surface area (Å²) in [6.45, 7) is 1.65. The lowest BCUT2D eigenvalue weighted by atomic mass is 10.2. The Morgan fingerprint density at radius 3 is 2.53 bits per heavy atom. The molecule has 3 aromatic carbocycles. The van der Waals surface area contributed by atoms with Crippen molar-refractivity contribution in [1.29, 1.82) is 0 Å². The van der Waals surface area contributed by atoms with Gasteiger partial charge in [0.2, 0.25) is 0 Å². The molecule has 3 aromatic rings. The smallest absolute Gasteiger partial charge is 0.343 e. The molecule has 0 spiro atoms. The Labute approximate surface area is 190 Å². The number of carbonyl (C=O) groups is 2. The van der Waals surface area contributed by atoms with Crippen LogP contribution in [0.4, 0.5) is 0 Å². The normalized spacial score (nSPS) is 10.6. The molecule has 0 aromatic heterocycles. The topological polar surface area (TPSA) is 86.2 Å². The molecule has 0 aliphatic rings. The van der Waals surface area contributed by atoms with Crippen LogP contribution in [0.25, 0.3) is 0 Å². The van der Waals surface area contributed by atoms with Crippen molar-refractivity contribution in [3.8, 4) is 17.2 Å². The predicted molar refractivity (Wildman–Crippen MR) is 122 cm³/mol. The van der Waals surface area contributed by atoms with Crippen molar-refractivity contribution in [1.82, 2.24) is 5.43 Å². The summed E-state index contributed by atoms with van der Waals surface area (Å²) >= 11 is 5.97. The maximum absolute atomic E-state index is 12.2. The number of rotatable bonds is 8. The van der Waals surface area contributed by atoms with Crippen LogP contribution in [0.15, 0.2) is 71.8 Å². The molecule has 0 heterocycles. The van der Waals surface area contributed by atoms with Crippen molar-refractivity contribution in [2.75, 3.05) is 13.7 Å². The van der Waals surface area contributed by atoms with Crippen LogP contribution in [0.2, 0.25) is 5.02 Å². The average molecular weight is 453 g/mol. The molecule has 0 aliphatic heterocycles. The zero-order valence-corrected chi connectivity index (χ0v) is 18.3. The summed E-state index contributed by atoms with van der Waals surface area (Å²) in [7, 11) is 1.47. The van der Waals surface area contributed by atoms with Crippen molar-refractivity contribution >= 4 is 29.7 Å². The molecule has 0 aliphatic carbocycles. The molecule has 0 saturated heterocycles. The Kier molecular flexibility index (Phi) is 7.83. The van der Waals surface area contributed by atoms with Crippen LogP contribution in [0.3, 0.4) is 0 Å². The summed E-state index contributed by atoms with van der Waals surface area (Å²) in [6, 6.07) is 18.7. The third-order valence-electron chi connectivity index (χ3n) is 4.30. The predicted octanol–water partition coefficient (Wildman–Crippen LogP) is 4.41. The van der Waals surface area contributed by atoms with Crippen LogP contribution in [-0.2, 0) is 4.79 Å². The number of esters is 1. The molecule has 0 saturated carbocycles. The second kappa shape index (κ2) is 11.0. The highest BCUT2D eigenvalue weighted by molar-refractivity contribution is 6.31. The number of nitrogens with zero attached hydrogens (tertiary/aromatic N) is 1. The largest absolute Gasteiger partial charge is 0.493 e. The van der Waals surface area contributed by atoms with Crippen LogP contribution in [0, 0.1) is 6.92 Å². The molecular formula is C24H21ClN2O5. The second-order valence-corrected chi connectivity index (χ2v) is 7.07. The Hall–Kier alpha value is -3.84. The van der Waals surface area contributed by atoms with Crippen LogP contribution in [0.5, 0.6) is 17.2 Å². The molecule has 1 N–H and O–H groups in total. The molecule has 0 fully saturated rings. The van der Waals surface area contributed by atoms with Crippen molar-refractivity contribution in [2.45, 2.75) is 6.92 Å². The minimum atomic E-state index is -0.492. The number of benzene rings is 3. The molecule has 8 heteroatoms. The molecule has 0 atom stereocenters. The van der Waals surface area contributed by atoms with E-state index in [1.165, 1.54) is 13.3 Å². The fraction of sp³-hybridized carbons (Fsp3) is 0.125. The van der Waals surface area contributed by atoms with Crippen molar-refractivity contribution in [3.05, 3.63) is 88.4 Å². The zero-order valence-electron chi connectivity index (χ0n) is 17.5. The van der Waals surface area contributed by atoms with E-state index in [1.54, 1.807) is 60.7 Å². The highest BCUT2D eigenvalue weighted by Crippen LogP contribution is 2.28. The highest BCUT2D eigenvalue weighted by atomic mass is 35.5. The lowest BCUT2D eigenvalue weighted by molar-refractivity contribution is -0.123. The minimum absolute atomic E-state index is 0.198. The molecule has 0 radical (unpaired) electrons. The van der Waals surface area contributed by atoms with Gasteiger partial charge in [0.1, 0.15) is 5.75 Å². The minimum Gasteiger partial charge on any atom is -0.493 e. The SMILES string of the molecule is COc1cc(/C=N/NC(=O)COc2ccc(Cl)c(C)c2)ccc1OC(=O)c1ccccc1. The van der Waals surface area contributed by atoms with Gasteiger partial charge in [0, 0.05) is 5.02 Å². The summed E-state index contributed by atoms with van der Waals surface area (Å²) in [4.78, 5) is 24.2. The molecule has 0 bridgehead atoms. The third-order valence-corrected chi connectivity index (χ3v) is 4.73. The summed E-state index contributed by atoms with van der Waals surface area (Å²) < 4.78 is 16.1. The van der Waals surface area contributed by atoms with Crippen LogP contribution in [-0.4, -0.2) is 31.8 Å². The molecule has 0 unspecified atom stereocenters. The number of carbonyl (C=O) groups excluding carboxylic acids is 2. The van der Waals surface area contributed by atoms with Crippen molar-refractivity contribution in [3.63, 3.8) is 0 Å². The summed E-state index contributed by atoms with van der Waals surface area (Å²) in [5, 5.41) is 4.54. The van der Waals surface area contributed by atoms with E-state index < -0.39 is 11.9 Å². The quantitative estimate of drug-likeness (QED) is 0.237. The number of halogens is 1. The Balaban J connectivity index is 1.55. The van der Waals surface area contributed by atoms with Gasteiger partial charge in [0.05, 0.1) is 18.9 Å². The number of ether oxygens (including phenoxy) is 3. The first-order valence-corrected chi connectivity index (χ1v) is 10.00. The van der Waals surface area contributed by atoms with E-state index in [-0.39, 0.29) is 12.4 Å². The zero-order chi connectivity index (χ0) is 22.9. The monoisotopic (exact) mass is 452 g/mol. The van der Waals surface area contributed by atoms with E-state index in [1.807, 2.05) is 13.0 Å². The van der Waals surface area contributed by atoms with E-state index in [2.05, 4.69) is 10.5 Å². The van der Waals surface area contributed by atoms with Gasteiger partial charge >= 0.3 is 5.97 Å². The van der Waals surface area contributed by atoms with Crippen molar-refractivity contribution in [2.24, 2.45) is 5.10 Å². The van der Waals surface area contributed by atoms with Crippen LogP contribution >= 0.6 is 11.6 Å². The van der Waals surface area contributed by atoms with Gasteiger partial charge < -0.3 is 14.2 Å². The number of nitrogens with one attached hydrogen (secondary N) is 1. The first-order chi connectivity index (χ1) is 15.5. The molecule has 7 nitrogen and oxygen atoms in total. The van der Waals surface area contributed by atoms with Gasteiger partial charge in [-0.2, -0.15) is 5.10 Å². The fourth-order valence-electron chi connectivity index (χ4n) is 2.65. The summed E-state index contributed by atoms with van der Waals surface area (Å²) in [5.74, 6) is 0.249. The van der Waals surface area contributed by atoms with Gasteiger partial charge in [-0.1, -0.05) is 29.8 Å². The summed E-state index contributed by atoms with van der Waals surface area (Å²) in [6.07, 6.45) is 1.44. The van der Waals surface area contributed by atoms with Gasteiger partial charge in [0.15, 0.2) is 18.1 Å². The highest BCUT2D eigenvalue weighted by Gasteiger charge is 2.12. The van der Waals surface area contributed by atoms with Crippen LogP contribution in [0.1, 0.15) is 21.5 Å². The molecule has 1 amide bonds. The first kappa shape index (κ1) is 22.8. The van der Waals surface area contributed by atoms with Gasteiger partial charge in [-0.3, -0.25) is 4.79 Å². The number of methoxy groups -OCH3 is 1. The van der Waals surface area contributed by atoms with Crippen LogP contribution < -0.4 is 19.6 Å². The average Bonchev–Trinajstić information content (AvgIpc) is 2.81. The van der Waals surface area contributed by atoms with E-state index in [0.717, 1.165) is 5.56 Å². The van der Waals surface area contributed by atoms with Crippen molar-refractivity contribution < 1.29 is 23.8 Å². The molecule has 32 heavy (non-hydrogen) atoms. The lowest BCUT2D eigenvalue weighted by Crippen LogP contribution is -2.24. The van der Waals surface area contributed by atoms with E-state index in [0.29, 0.717) is 27.6 Å². The van der Waals surface area contributed by atoms with E-state index in [4.69, 9.17) is 25.8 Å². The lowest BCUT2D eigenvalue weighted by Gasteiger charge is -2.10. The van der Waals surface area contributed by atoms with E-state index in [9.17, 15) is 9.59 Å². The first-order valence-electron chi connectivity index (χ1n) is 9.62. The molecule has 3 rings (SSSR count). The van der Waals surface area contributed by atoms with Gasteiger partial charge in [0.25, 0.3) is 5.91 Å².